The van der Waals surface area contributed by atoms with E-state index in [-0.39, 0.29) is 23.9 Å². The molecule has 0 amide bonds. The standard InChI is InChI=1S/C17H17NO4/c1-13(20)22-10-9-18(15-5-3-2-4-6-15)16-8-7-14(12-19)17(21)11-16/h2-8,11-12,21H,9-10H2,1H3. The van der Waals surface area contributed by atoms with Crippen LogP contribution in [-0.4, -0.2) is 30.5 Å². The van der Waals surface area contributed by atoms with Crippen molar-refractivity contribution in [3.05, 3.63) is 54.1 Å². The third-order valence-electron chi connectivity index (χ3n) is 3.14. The molecule has 0 saturated carbocycles. The minimum Gasteiger partial charge on any atom is -0.507 e. The number of carbonyl (C=O) groups is 2. The van der Waals surface area contributed by atoms with Crippen molar-refractivity contribution in [1.29, 1.82) is 0 Å². The summed E-state index contributed by atoms with van der Waals surface area (Å²) in [6.45, 7) is 2.02. The van der Waals surface area contributed by atoms with Crippen LogP contribution in [0.1, 0.15) is 17.3 Å². The highest BCUT2D eigenvalue weighted by Gasteiger charge is 2.12. The Morgan fingerprint density at radius 2 is 1.91 bits per heavy atom. The molecule has 0 radical (unpaired) electrons. The number of ether oxygens (including phenoxy) is 1. The number of aromatic hydroxyl groups is 1. The Labute approximate surface area is 128 Å². The Kier molecular flexibility index (Phi) is 5.14. The maximum atomic E-state index is 10.9. The Balaban J connectivity index is 2.29. The molecule has 5 nitrogen and oxygen atoms in total. The number of rotatable bonds is 6. The van der Waals surface area contributed by atoms with Crippen LogP contribution in [0, 0.1) is 0 Å². The van der Waals surface area contributed by atoms with Gasteiger partial charge in [0.1, 0.15) is 12.4 Å². The Morgan fingerprint density at radius 3 is 2.50 bits per heavy atom. The summed E-state index contributed by atoms with van der Waals surface area (Å²) in [5.41, 5.74) is 1.84. The lowest BCUT2D eigenvalue weighted by Gasteiger charge is -2.25. The molecule has 0 aliphatic rings. The van der Waals surface area contributed by atoms with Crippen LogP contribution in [0.5, 0.6) is 5.75 Å². The van der Waals surface area contributed by atoms with Crippen molar-refractivity contribution in [2.45, 2.75) is 6.92 Å². The fourth-order valence-electron chi connectivity index (χ4n) is 2.10. The lowest BCUT2D eigenvalue weighted by atomic mass is 10.1. The van der Waals surface area contributed by atoms with E-state index in [1.54, 1.807) is 12.1 Å². The van der Waals surface area contributed by atoms with Crippen molar-refractivity contribution in [2.75, 3.05) is 18.1 Å². The van der Waals surface area contributed by atoms with Crippen LogP contribution in [0.25, 0.3) is 0 Å². The zero-order valence-corrected chi connectivity index (χ0v) is 12.2. The van der Waals surface area contributed by atoms with E-state index in [9.17, 15) is 14.7 Å². The summed E-state index contributed by atoms with van der Waals surface area (Å²) in [6.07, 6.45) is 0.602. The van der Waals surface area contributed by atoms with Gasteiger partial charge in [0, 0.05) is 24.4 Å². The normalized spacial score (nSPS) is 10.0. The predicted molar refractivity (Wildman–Crippen MR) is 83.6 cm³/mol. The molecule has 0 atom stereocenters. The van der Waals surface area contributed by atoms with E-state index >= 15 is 0 Å². The molecular weight excluding hydrogens is 282 g/mol. The molecule has 0 heterocycles. The highest BCUT2D eigenvalue weighted by atomic mass is 16.5. The van der Waals surface area contributed by atoms with Gasteiger partial charge in [-0.1, -0.05) is 18.2 Å². The molecule has 2 aromatic carbocycles. The molecule has 2 rings (SSSR count). The van der Waals surface area contributed by atoms with E-state index in [4.69, 9.17) is 4.74 Å². The molecule has 0 aliphatic carbocycles. The van der Waals surface area contributed by atoms with E-state index in [2.05, 4.69) is 0 Å². The van der Waals surface area contributed by atoms with Crippen molar-refractivity contribution in [1.82, 2.24) is 0 Å². The van der Waals surface area contributed by atoms with Gasteiger partial charge in [0.25, 0.3) is 0 Å². The molecule has 114 valence electrons. The quantitative estimate of drug-likeness (QED) is 0.656. The van der Waals surface area contributed by atoms with Gasteiger partial charge in [0.2, 0.25) is 0 Å². The van der Waals surface area contributed by atoms with E-state index in [0.29, 0.717) is 18.5 Å². The van der Waals surface area contributed by atoms with E-state index in [1.165, 1.54) is 13.0 Å². The first-order valence-corrected chi connectivity index (χ1v) is 6.86. The number of nitrogens with zero attached hydrogens (tertiary/aromatic N) is 1. The number of anilines is 2. The van der Waals surface area contributed by atoms with Gasteiger partial charge in [0.05, 0.1) is 12.1 Å². The maximum absolute atomic E-state index is 10.9. The van der Waals surface area contributed by atoms with Gasteiger partial charge in [-0.2, -0.15) is 0 Å². The number of para-hydroxylation sites is 1. The predicted octanol–water partition coefficient (Wildman–Crippen LogP) is 2.91. The third-order valence-corrected chi connectivity index (χ3v) is 3.14. The first kappa shape index (κ1) is 15.6. The summed E-state index contributed by atoms with van der Waals surface area (Å²) >= 11 is 0. The van der Waals surface area contributed by atoms with Gasteiger partial charge < -0.3 is 14.7 Å². The fraction of sp³-hybridized carbons (Fsp3) is 0.176. The summed E-state index contributed by atoms with van der Waals surface area (Å²) in [7, 11) is 0. The van der Waals surface area contributed by atoms with E-state index < -0.39 is 0 Å². The zero-order valence-electron chi connectivity index (χ0n) is 12.2. The van der Waals surface area contributed by atoms with E-state index in [1.807, 2.05) is 35.2 Å². The van der Waals surface area contributed by atoms with Crippen LogP contribution in [-0.2, 0) is 9.53 Å². The molecule has 0 bridgehead atoms. The minimum absolute atomic E-state index is 0.0825. The van der Waals surface area contributed by atoms with Crippen LogP contribution < -0.4 is 4.90 Å². The number of phenolic OH excluding ortho intramolecular Hbond substituents is 1. The summed E-state index contributed by atoms with van der Waals surface area (Å²) in [4.78, 5) is 23.6. The number of benzene rings is 2. The number of phenols is 1. The lowest BCUT2D eigenvalue weighted by Crippen LogP contribution is -2.23. The molecule has 0 spiro atoms. The monoisotopic (exact) mass is 299 g/mol. The van der Waals surface area contributed by atoms with Crippen LogP contribution in [0.4, 0.5) is 11.4 Å². The number of carbonyl (C=O) groups excluding carboxylic acids is 2. The summed E-state index contributed by atoms with van der Waals surface area (Å²) in [5.74, 6) is -0.423. The minimum atomic E-state index is -0.341. The average Bonchev–Trinajstić information content (AvgIpc) is 2.52. The van der Waals surface area contributed by atoms with Crippen molar-refractivity contribution in [3.63, 3.8) is 0 Å². The SMILES string of the molecule is CC(=O)OCCN(c1ccccc1)c1ccc(C=O)c(O)c1. The van der Waals surface area contributed by atoms with Gasteiger partial charge in [-0.05, 0) is 24.3 Å². The second-order valence-corrected chi connectivity index (χ2v) is 4.69. The highest BCUT2D eigenvalue weighted by Crippen LogP contribution is 2.29. The maximum Gasteiger partial charge on any atom is 0.302 e. The Morgan fingerprint density at radius 1 is 1.18 bits per heavy atom. The Bertz CT molecular complexity index is 655. The smallest absolute Gasteiger partial charge is 0.302 e. The van der Waals surface area contributed by atoms with Crippen LogP contribution >= 0.6 is 0 Å². The molecule has 0 unspecified atom stereocenters. The van der Waals surface area contributed by atoms with Gasteiger partial charge >= 0.3 is 5.97 Å². The van der Waals surface area contributed by atoms with Gasteiger partial charge in [-0.15, -0.1) is 0 Å². The molecule has 5 heteroatoms. The van der Waals surface area contributed by atoms with Crippen molar-refractivity contribution >= 4 is 23.6 Å². The summed E-state index contributed by atoms with van der Waals surface area (Å²) < 4.78 is 4.99. The number of hydrogen-bond acceptors (Lipinski definition) is 5. The highest BCUT2D eigenvalue weighted by molar-refractivity contribution is 5.81. The number of esters is 1. The summed E-state index contributed by atoms with van der Waals surface area (Å²) in [6, 6.07) is 14.3. The number of aldehydes is 1. The van der Waals surface area contributed by atoms with Crippen LogP contribution in [0.3, 0.4) is 0 Å². The molecule has 0 aromatic heterocycles. The van der Waals surface area contributed by atoms with Crippen molar-refractivity contribution in [3.8, 4) is 5.75 Å². The molecule has 0 aliphatic heterocycles. The zero-order chi connectivity index (χ0) is 15.9. The topological polar surface area (TPSA) is 66.8 Å². The lowest BCUT2D eigenvalue weighted by molar-refractivity contribution is -0.140. The average molecular weight is 299 g/mol. The molecule has 0 fully saturated rings. The first-order chi connectivity index (χ1) is 10.6. The van der Waals surface area contributed by atoms with E-state index in [0.717, 1.165) is 5.69 Å². The molecule has 22 heavy (non-hydrogen) atoms. The van der Waals surface area contributed by atoms with Crippen molar-refractivity contribution in [2.24, 2.45) is 0 Å². The van der Waals surface area contributed by atoms with Gasteiger partial charge in [-0.3, -0.25) is 9.59 Å². The Hall–Kier alpha value is -2.82. The first-order valence-electron chi connectivity index (χ1n) is 6.86. The molecule has 2 aromatic rings. The van der Waals surface area contributed by atoms with Gasteiger partial charge in [0.15, 0.2) is 6.29 Å². The molecule has 1 N–H and O–H groups in total. The second kappa shape index (κ2) is 7.26. The molecular formula is C17H17NO4. The fourth-order valence-corrected chi connectivity index (χ4v) is 2.10. The third kappa shape index (κ3) is 3.85. The van der Waals surface area contributed by atoms with Crippen LogP contribution in [0.15, 0.2) is 48.5 Å². The van der Waals surface area contributed by atoms with Gasteiger partial charge in [-0.25, -0.2) is 0 Å². The van der Waals surface area contributed by atoms with Crippen molar-refractivity contribution < 1.29 is 19.4 Å². The van der Waals surface area contributed by atoms with Crippen LogP contribution in [0.2, 0.25) is 0 Å². The summed E-state index contributed by atoms with van der Waals surface area (Å²) in [5, 5.41) is 9.86. The second-order valence-electron chi connectivity index (χ2n) is 4.69. The largest absolute Gasteiger partial charge is 0.507 e. The number of hydrogen-bond donors (Lipinski definition) is 1. The molecule has 0 saturated heterocycles.